The molecule has 0 saturated heterocycles. The van der Waals surface area contributed by atoms with Gasteiger partial charge in [0.25, 0.3) is 5.91 Å². The molecule has 3 N–H and O–H groups in total. The van der Waals surface area contributed by atoms with Crippen LogP contribution in [0.3, 0.4) is 0 Å². The van der Waals surface area contributed by atoms with Crippen LogP contribution in [-0.4, -0.2) is 23.0 Å². The number of amides is 2. The number of nitrogens with zero attached hydrogens (tertiary/aromatic N) is 1. The van der Waals surface area contributed by atoms with E-state index in [1.54, 1.807) is 30.5 Å². The van der Waals surface area contributed by atoms with E-state index < -0.39 is 0 Å². The Balaban J connectivity index is 1.57. The van der Waals surface area contributed by atoms with E-state index in [1.807, 2.05) is 37.4 Å². The Bertz CT molecular complexity index is 958. The number of hydrogen-bond donors (Lipinski definition) is 3. The molecule has 3 rings (SSSR count). The zero-order chi connectivity index (χ0) is 19.1. The second-order valence-electron chi connectivity index (χ2n) is 6.22. The average molecular weight is 362 g/mol. The summed E-state index contributed by atoms with van der Waals surface area (Å²) in [5.41, 5.74) is 5.58. The molecule has 0 radical (unpaired) electrons. The van der Waals surface area contributed by atoms with Crippen LogP contribution in [0.2, 0.25) is 0 Å². The molecule has 0 bridgehead atoms. The summed E-state index contributed by atoms with van der Waals surface area (Å²) in [7, 11) is 0. The summed E-state index contributed by atoms with van der Waals surface area (Å²) in [6.07, 6.45) is 5.79. The number of hydrogen-bond acceptors (Lipinski definition) is 3. The number of rotatable bonds is 7. The number of carbonyl (C=O) groups excluding carboxylic acids is 2. The lowest BCUT2D eigenvalue weighted by atomic mass is 10.2. The third-order valence-corrected chi connectivity index (χ3v) is 4.18. The van der Waals surface area contributed by atoms with Gasteiger partial charge in [0.15, 0.2) is 0 Å². The van der Waals surface area contributed by atoms with Gasteiger partial charge in [0.2, 0.25) is 5.91 Å². The van der Waals surface area contributed by atoms with Crippen LogP contribution in [0.4, 0.5) is 5.69 Å². The first-order valence-corrected chi connectivity index (χ1v) is 8.97. The molecule has 0 spiro atoms. The van der Waals surface area contributed by atoms with Crippen molar-refractivity contribution in [3.63, 3.8) is 0 Å². The Morgan fingerprint density at radius 1 is 1.11 bits per heavy atom. The van der Waals surface area contributed by atoms with Crippen LogP contribution in [0, 0.1) is 0 Å². The lowest BCUT2D eigenvalue weighted by Gasteiger charge is -2.05. The highest BCUT2D eigenvalue weighted by Crippen LogP contribution is 2.15. The van der Waals surface area contributed by atoms with Gasteiger partial charge in [0, 0.05) is 40.3 Å². The van der Waals surface area contributed by atoms with Crippen molar-refractivity contribution in [3.8, 4) is 0 Å². The minimum Gasteiger partial charge on any atom is -0.361 e. The molecule has 0 fully saturated rings. The smallest absolute Gasteiger partial charge is 0.271 e. The molecule has 1 heterocycles. The standard InChI is InChI=1S/C21H22N4O2/c1-2-3-8-20(26)24-17-11-9-15(10-12-17)21(27)25-23-14-16-13-22-19-7-5-4-6-18(16)19/h4-7,9-14,22H,2-3,8H2,1H3,(H,24,26)(H,25,27). The van der Waals surface area contributed by atoms with Gasteiger partial charge in [0.1, 0.15) is 0 Å². The molecule has 2 amide bonds. The third-order valence-electron chi connectivity index (χ3n) is 4.18. The Morgan fingerprint density at radius 2 is 1.89 bits per heavy atom. The van der Waals surface area contributed by atoms with E-state index in [4.69, 9.17) is 0 Å². The second kappa shape index (κ2) is 8.80. The maximum absolute atomic E-state index is 12.2. The van der Waals surface area contributed by atoms with Crippen molar-refractivity contribution in [1.82, 2.24) is 10.4 Å². The number of anilines is 1. The quantitative estimate of drug-likeness (QED) is 0.437. The van der Waals surface area contributed by atoms with Crippen LogP contribution in [0.15, 0.2) is 59.8 Å². The first-order valence-electron chi connectivity index (χ1n) is 8.97. The molecule has 2 aromatic carbocycles. The molecule has 0 atom stereocenters. The zero-order valence-corrected chi connectivity index (χ0v) is 15.2. The molecule has 3 aromatic rings. The molecule has 27 heavy (non-hydrogen) atoms. The van der Waals surface area contributed by atoms with Crippen molar-refractivity contribution in [2.75, 3.05) is 5.32 Å². The van der Waals surface area contributed by atoms with Crippen molar-refractivity contribution in [2.24, 2.45) is 5.10 Å². The summed E-state index contributed by atoms with van der Waals surface area (Å²) in [6, 6.07) is 14.6. The predicted octanol–water partition coefficient (Wildman–Crippen LogP) is 4.06. The number of aromatic amines is 1. The number of H-pyrrole nitrogens is 1. The number of unbranched alkanes of at least 4 members (excludes halogenated alkanes) is 1. The van der Waals surface area contributed by atoms with Gasteiger partial charge in [-0.25, -0.2) is 5.43 Å². The van der Waals surface area contributed by atoms with Crippen molar-refractivity contribution in [3.05, 3.63) is 65.9 Å². The van der Waals surface area contributed by atoms with Crippen LogP contribution in [-0.2, 0) is 4.79 Å². The molecule has 0 aliphatic rings. The van der Waals surface area contributed by atoms with Crippen LogP contribution in [0.25, 0.3) is 10.9 Å². The van der Waals surface area contributed by atoms with Gasteiger partial charge in [-0.3, -0.25) is 9.59 Å². The Hall–Kier alpha value is -3.41. The maximum atomic E-state index is 12.2. The summed E-state index contributed by atoms with van der Waals surface area (Å²) in [5, 5.41) is 7.89. The molecule has 1 aromatic heterocycles. The third kappa shape index (κ3) is 4.82. The number of nitrogens with one attached hydrogen (secondary N) is 3. The summed E-state index contributed by atoms with van der Waals surface area (Å²) in [4.78, 5) is 27.1. The fraction of sp³-hybridized carbons (Fsp3) is 0.190. The van der Waals surface area contributed by atoms with Gasteiger partial charge >= 0.3 is 0 Å². The number of para-hydroxylation sites is 1. The lowest BCUT2D eigenvalue weighted by molar-refractivity contribution is -0.116. The number of fused-ring (bicyclic) bond motifs is 1. The molecular weight excluding hydrogens is 340 g/mol. The fourth-order valence-electron chi connectivity index (χ4n) is 2.69. The second-order valence-corrected chi connectivity index (χ2v) is 6.22. The van der Waals surface area contributed by atoms with Crippen LogP contribution < -0.4 is 10.7 Å². The van der Waals surface area contributed by atoms with E-state index in [0.29, 0.717) is 17.7 Å². The SMILES string of the molecule is CCCCC(=O)Nc1ccc(C(=O)NN=Cc2c[nH]c3ccccc23)cc1. The highest BCUT2D eigenvalue weighted by Gasteiger charge is 2.06. The molecule has 138 valence electrons. The minimum atomic E-state index is -0.310. The maximum Gasteiger partial charge on any atom is 0.271 e. The van der Waals surface area contributed by atoms with E-state index in [1.165, 1.54) is 0 Å². The molecule has 6 nitrogen and oxygen atoms in total. The van der Waals surface area contributed by atoms with Crippen LogP contribution in [0.5, 0.6) is 0 Å². The predicted molar refractivity (Wildman–Crippen MR) is 108 cm³/mol. The molecule has 0 aliphatic carbocycles. The Morgan fingerprint density at radius 3 is 2.67 bits per heavy atom. The van der Waals surface area contributed by atoms with E-state index >= 15 is 0 Å². The zero-order valence-electron chi connectivity index (χ0n) is 15.2. The number of hydrazone groups is 1. The molecule has 0 saturated carbocycles. The van der Waals surface area contributed by atoms with Gasteiger partial charge < -0.3 is 10.3 Å². The first kappa shape index (κ1) is 18.4. The van der Waals surface area contributed by atoms with Gasteiger partial charge in [-0.15, -0.1) is 0 Å². The Labute approximate surface area is 157 Å². The van der Waals surface area contributed by atoms with Crippen molar-refractivity contribution < 1.29 is 9.59 Å². The van der Waals surface area contributed by atoms with E-state index in [2.05, 4.69) is 20.8 Å². The number of aromatic nitrogens is 1. The highest BCUT2D eigenvalue weighted by molar-refractivity contribution is 6.00. The van der Waals surface area contributed by atoms with Gasteiger partial charge in [-0.1, -0.05) is 31.5 Å². The van der Waals surface area contributed by atoms with E-state index in [9.17, 15) is 9.59 Å². The lowest BCUT2D eigenvalue weighted by Crippen LogP contribution is -2.17. The van der Waals surface area contributed by atoms with E-state index in [0.717, 1.165) is 29.3 Å². The van der Waals surface area contributed by atoms with Gasteiger partial charge in [0.05, 0.1) is 6.21 Å². The molecule has 0 aliphatic heterocycles. The van der Waals surface area contributed by atoms with Crippen molar-refractivity contribution in [1.29, 1.82) is 0 Å². The normalized spacial score (nSPS) is 11.0. The van der Waals surface area contributed by atoms with Crippen LogP contribution in [0.1, 0.15) is 42.1 Å². The average Bonchev–Trinajstić information content (AvgIpc) is 3.10. The van der Waals surface area contributed by atoms with Gasteiger partial charge in [-0.2, -0.15) is 5.10 Å². The molecular formula is C21H22N4O2. The topological polar surface area (TPSA) is 86.3 Å². The van der Waals surface area contributed by atoms with Crippen LogP contribution >= 0.6 is 0 Å². The molecule has 0 unspecified atom stereocenters. The number of benzene rings is 2. The first-order chi connectivity index (χ1) is 13.2. The summed E-state index contributed by atoms with van der Waals surface area (Å²) < 4.78 is 0. The Kier molecular flexibility index (Phi) is 5.99. The molecule has 6 heteroatoms. The van der Waals surface area contributed by atoms with E-state index in [-0.39, 0.29) is 11.8 Å². The summed E-state index contributed by atoms with van der Waals surface area (Å²) in [6.45, 7) is 2.04. The van der Waals surface area contributed by atoms with Crippen molar-refractivity contribution in [2.45, 2.75) is 26.2 Å². The summed E-state index contributed by atoms with van der Waals surface area (Å²) in [5.74, 6) is -0.327. The highest BCUT2D eigenvalue weighted by atomic mass is 16.2. The fourth-order valence-corrected chi connectivity index (χ4v) is 2.69. The number of carbonyl (C=O) groups is 2. The van der Waals surface area contributed by atoms with Gasteiger partial charge in [-0.05, 0) is 36.8 Å². The largest absolute Gasteiger partial charge is 0.361 e. The monoisotopic (exact) mass is 362 g/mol. The summed E-state index contributed by atoms with van der Waals surface area (Å²) >= 11 is 0. The minimum absolute atomic E-state index is 0.0163. The van der Waals surface area contributed by atoms with Crippen molar-refractivity contribution >= 4 is 34.6 Å².